The smallest absolute Gasteiger partial charge is 0.191 e. The number of halogens is 4. The molecule has 40 nitrogen and oxygen atoms in total. The quantitative estimate of drug-likeness (QED) is 0.00969. The van der Waals surface area contributed by atoms with E-state index in [9.17, 15) is 73.7 Å². The lowest BCUT2D eigenvalue weighted by Crippen LogP contribution is -2.33. The van der Waals surface area contributed by atoms with E-state index < -0.39 is 233 Å². The fourth-order valence-electron chi connectivity index (χ4n) is 17.1. The van der Waals surface area contributed by atoms with E-state index in [1.807, 2.05) is 27.7 Å². The molecule has 0 spiro atoms. The number of aromatic nitrogens is 20. The Labute approximate surface area is 871 Å². The zero-order valence-corrected chi connectivity index (χ0v) is 82.1. The van der Waals surface area contributed by atoms with E-state index in [2.05, 4.69) is 102 Å². The summed E-state index contributed by atoms with van der Waals surface area (Å²) < 4.78 is 247. The Morgan fingerprint density at radius 3 is 0.847 bits per heavy atom. The SMILES string of the molecule is [2H]C([2H])(CO)O[C@H]1C[C@@H](n2nnc3c(N[C@@]4([2H])[C@H](c5ccc(C)c(F)c5)C4([2H])[2H])nc(SCCC)nc32)[C@H](O)[C@@H]1O.[2H]C([2H])(O)C([2H])([2H])O[C@H]1C[C@@H](n2nnc3c(N[C@@]4([2H])[C@H](c5ccc(C)c(F)c5)C4([2H])[2H])nc(SCCC)nc32)[C@H](O)[C@@H]1O.[2H]C([2H])(O)CO[C@H]1C[C@@H](n2nnc3c(N[C@@]4([2H])[C@H](c5ccc(C)c(F)c5)C4([2H])[2H])nc(SCCC)nc32)[C@H](O)[C@@H]1O.[2H]C1([2H])[C@@H](c2ccc(C)c(F)c2)[C@]1([2H])Nc1nc(SCCC)nc2c1nnn2[C@@H]1C[C@H](OCCO)[C@@H](O)[C@H]1O. The van der Waals surface area contributed by atoms with Crippen LogP contribution >= 0.6 is 47.0 Å². The van der Waals surface area contributed by atoms with Gasteiger partial charge in [0.1, 0.15) is 72.1 Å². The van der Waals surface area contributed by atoms with Crippen LogP contribution in [0.4, 0.5) is 40.8 Å². The molecule has 8 fully saturated rings. The molecule has 4 aromatic carbocycles. The molecule has 144 heavy (non-hydrogen) atoms. The minimum Gasteiger partial charge on any atom is -0.394 e. The molecule has 8 aliphatic carbocycles. The lowest BCUT2D eigenvalue weighted by molar-refractivity contribution is -0.0629. The van der Waals surface area contributed by atoms with Crippen molar-refractivity contribution in [3.63, 3.8) is 0 Å². The largest absolute Gasteiger partial charge is 0.394 e. The van der Waals surface area contributed by atoms with Crippen LogP contribution in [-0.4, -0.2) is 334 Å². The van der Waals surface area contributed by atoms with Crippen molar-refractivity contribution in [2.45, 2.75) is 298 Å². The van der Waals surface area contributed by atoms with Gasteiger partial charge >= 0.3 is 0 Å². The predicted molar refractivity (Wildman–Crippen MR) is 530 cm³/mol. The highest BCUT2D eigenvalue weighted by Crippen LogP contribution is 2.50. The molecule has 8 heterocycles. The summed E-state index contributed by atoms with van der Waals surface area (Å²) in [5, 5.41) is 168. The van der Waals surface area contributed by atoms with Gasteiger partial charge < -0.3 is 101 Å². The van der Waals surface area contributed by atoms with Gasteiger partial charge in [0.2, 0.25) is 0 Å². The average molecular weight is 2090 g/mol. The van der Waals surface area contributed by atoms with E-state index in [1.165, 1.54) is 102 Å². The van der Waals surface area contributed by atoms with Crippen molar-refractivity contribution in [2.75, 3.05) is 96.9 Å². The zero-order valence-electron chi connectivity index (χ0n) is 98.9. The van der Waals surface area contributed by atoms with Crippen LogP contribution in [0.3, 0.4) is 0 Å². The lowest BCUT2D eigenvalue weighted by atomic mass is 10.1. The van der Waals surface area contributed by atoms with E-state index in [1.54, 1.807) is 64.1 Å². The van der Waals surface area contributed by atoms with Crippen molar-refractivity contribution in [2.24, 2.45) is 0 Å². The molecule has 0 saturated heterocycles. The third-order valence-corrected chi connectivity index (χ3v) is 29.3. The summed E-state index contributed by atoms with van der Waals surface area (Å²) in [7, 11) is 0. The number of aryl methyl sites for hydroxylation is 4. The average Bonchev–Trinajstić information content (AvgIpc) is 1.52. The molecule has 0 amide bonds. The summed E-state index contributed by atoms with van der Waals surface area (Å²) in [6.07, 6.45) is -21.0. The molecule has 24 atom stereocenters. The molecule has 776 valence electrons. The standard InChI is InChI=1S/4C24H31FN6O4S/c4*1-3-8-36-24-27-22(26-16-10-14(16)13-5-4-12(2)15(25)9-13)19-23(28-24)31(30-29-19)17-11-18(35-7-6-32)21(34)20(17)33/h4*4-5,9,14,16-18,20-21,32-34H,3,6-8,10-11H2,1-2H3,(H,26,27,28)/t4*14-,16+,17+,18-,20-,21+/m0000/s1/i6D2,7D2,10D2,16D;7D2,10D2,16D;6D2,10D2,16D;10D2,16D. The van der Waals surface area contributed by atoms with Gasteiger partial charge in [-0.3, -0.25) is 0 Å². The van der Waals surface area contributed by atoms with Crippen LogP contribution in [-0.2, 0) is 18.9 Å². The Hall–Kier alpha value is -9.52. The molecule has 20 rings (SSSR count). The highest BCUT2D eigenvalue weighted by molar-refractivity contribution is 7.99. The summed E-state index contributed by atoms with van der Waals surface area (Å²) >= 11 is 5.27. The summed E-state index contributed by atoms with van der Waals surface area (Å²) in [5.41, 5.74) is 3.95. The Kier molecular flexibility index (Phi) is 27.1. The first-order valence-electron chi connectivity index (χ1n) is 56.8. The first-order chi connectivity index (χ1) is 76.9. The molecule has 48 heteroatoms. The Balaban J connectivity index is 0.000000146. The van der Waals surface area contributed by atoms with E-state index in [0.717, 1.165) is 25.7 Å². The molecule has 8 aliphatic rings. The maximum atomic E-state index is 14.3. The van der Waals surface area contributed by atoms with Crippen LogP contribution in [0.2, 0.25) is 0 Å². The third kappa shape index (κ3) is 23.8. The van der Waals surface area contributed by atoms with Crippen molar-refractivity contribution in [3.05, 3.63) is 141 Å². The van der Waals surface area contributed by atoms with Crippen molar-refractivity contribution < 1.29 is 125 Å². The van der Waals surface area contributed by atoms with Gasteiger partial charge in [0, 0.05) is 107 Å². The Morgan fingerprint density at radius 2 is 0.611 bits per heavy atom. The Bertz CT molecular complexity index is 7510. The maximum absolute atomic E-state index is 14.3. The fourth-order valence-corrected chi connectivity index (χ4v) is 19.8. The molecule has 16 N–H and O–H groups in total. The normalized spacial score (nSPS) is 33.5. The lowest BCUT2D eigenvalue weighted by Gasteiger charge is -2.17. The Morgan fingerprint density at radius 1 is 0.354 bits per heavy atom. The highest BCUT2D eigenvalue weighted by atomic mass is 32.2. The van der Waals surface area contributed by atoms with Crippen molar-refractivity contribution in [1.82, 2.24) is 99.8 Å². The number of rotatable bonds is 40. The van der Waals surface area contributed by atoms with E-state index >= 15 is 0 Å². The number of hydrogen-bond donors (Lipinski definition) is 16. The molecule has 0 bridgehead atoms. The number of fused-ring (bicyclic) bond motifs is 4. The molecule has 8 saturated carbocycles. The summed E-state index contributed by atoms with van der Waals surface area (Å²) in [6.45, 7) is 0.772. The first kappa shape index (κ1) is 82.4. The van der Waals surface area contributed by atoms with Gasteiger partial charge in [-0.15, -0.1) is 20.4 Å². The van der Waals surface area contributed by atoms with Crippen molar-refractivity contribution in [1.29, 1.82) is 0 Å². The second-order valence-electron chi connectivity index (χ2n) is 35.2. The summed E-state index contributed by atoms with van der Waals surface area (Å²) in [5.74, 6) is -3.22. The first-order valence-corrected chi connectivity index (χ1v) is 50.7. The van der Waals surface area contributed by atoms with E-state index in [4.69, 9.17) is 51.5 Å². The molecule has 0 unspecified atom stereocenters. The molecular weight excluding hydrogens is 1950 g/mol. The number of anilines is 4. The monoisotopic (exact) mass is 2090 g/mol. The minimum atomic E-state index is -3.39. The second kappa shape index (κ2) is 47.3. The minimum absolute atomic E-state index is 0.00689. The number of aliphatic hydroxyl groups excluding tert-OH is 10. The third-order valence-electron chi connectivity index (χ3n) is 25.1. The molecular formula is C96H124F4N24O16S4. The van der Waals surface area contributed by atoms with Gasteiger partial charge in [-0.05, 0) is 148 Å². The number of ether oxygens (including phenoxy) is 4. The number of benzene rings is 4. The van der Waals surface area contributed by atoms with Gasteiger partial charge in [-0.25, -0.2) is 76.2 Å². The van der Waals surface area contributed by atoms with Crippen LogP contribution in [0.25, 0.3) is 44.7 Å². The van der Waals surface area contributed by atoms with Crippen molar-refractivity contribution >= 4 is 115 Å². The second-order valence-corrected chi connectivity index (χ2v) is 39.5. The molecule has 8 aromatic heterocycles. The highest BCUT2D eigenvalue weighted by Gasteiger charge is 2.51. The van der Waals surface area contributed by atoms with E-state index in [0.29, 0.717) is 77.8 Å². The van der Waals surface area contributed by atoms with Gasteiger partial charge in [0.05, 0.1) is 118 Å². The van der Waals surface area contributed by atoms with Crippen LogP contribution in [0, 0.1) is 51.0 Å². The number of nitrogens with zero attached hydrogens (tertiary/aromatic N) is 20. The fraction of sp³-hybridized carbons (Fsp3) is 0.583. The van der Waals surface area contributed by atoms with Gasteiger partial charge in [0.15, 0.2) is 88.6 Å². The van der Waals surface area contributed by atoms with Crippen LogP contribution in [0.5, 0.6) is 0 Å². The number of nitrogens with one attached hydrogen (secondary N) is 4. The summed E-state index contributed by atoms with van der Waals surface area (Å²) in [4.78, 5) is 36.1. The molecule has 0 radical (unpaired) electrons. The zero-order chi connectivity index (χ0) is 120. The number of thioether (sulfide) groups is 4. The number of hydrogen-bond acceptors (Lipinski definition) is 40. The van der Waals surface area contributed by atoms with Gasteiger partial charge in [-0.1, -0.05) is 144 Å². The predicted octanol–water partition coefficient (Wildman–Crippen LogP) is 8.73. The summed E-state index contributed by atoms with van der Waals surface area (Å²) in [6, 6.07) is 6.23. The van der Waals surface area contributed by atoms with Gasteiger partial charge in [-0.2, -0.15) is 0 Å². The van der Waals surface area contributed by atoms with Crippen LogP contribution in [0.15, 0.2) is 93.4 Å². The number of aliphatic hydroxyl groups is 12. The maximum Gasteiger partial charge on any atom is 0.191 e. The van der Waals surface area contributed by atoms with Crippen molar-refractivity contribution in [3.8, 4) is 0 Å². The van der Waals surface area contributed by atoms with Crippen LogP contribution in [0.1, 0.15) is 224 Å². The van der Waals surface area contributed by atoms with Gasteiger partial charge in [0.25, 0.3) is 0 Å². The molecule has 12 aromatic rings. The topological polar surface area (TPSA) is 554 Å². The van der Waals surface area contributed by atoms with Crippen LogP contribution < -0.4 is 21.3 Å². The van der Waals surface area contributed by atoms with E-state index in [-0.39, 0.29) is 117 Å². The molecule has 0 aliphatic heterocycles.